The van der Waals surface area contributed by atoms with Crippen LogP contribution in [0.3, 0.4) is 0 Å². The molecule has 1 aromatic carbocycles. The van der Waals surface area contributed by atoms with E-state index in [-0.39, 0.29) is 6.04 Å². The first-order valence-corrected chi connectivity index (χ1v) is 9.02. The van der Waals surface area contributed by atoms with E-state index in [4.69, 9.17) is 0 Å². The second kappa shape index (κ2) is 7.04. The average molecular weight is 341 g/mol. The molecular weight excluding hydrogens is 318 g/mol. The van der Waals surface area contributed by atoms with Crippen LogP contribution in [0.1, 0.15) is 35.6 Å². The summed E-state index contributed by atoms with van der Waals surface area (Å²) in [5.41, 5.74) is 5.71. The SMILES string of the molecule is C=C(c1c[nH]c2c1=CCCC=2)C(Nc1cccc(C)c1)c1ccncc1. The van der Waals surface area contributed by atoms with E-state index in [0.29, 0.717) is 0 Å². The van der Waals surface area contributed by atoms with Gasteiger partial charge >= 0.3 is 0 Å². The van der Waals surface area contributed by atoms with Crippen LogP contribution >= 0.6 is 0 Å². The predicted octanol–water partition coefficient (Wildman–Crippen LogP) is 3.94. The predicted molar refractivity (Wildman–Crippen MR) is 109 cm³/mol. The molecule has 4 rings (SSSR count). The first-order chi connectivity index (χ1) is 12.7. The molecule has 2 N–H and O–H groups in total. The lowest BCUT2D eigenvalue weighted by molar-refractivity contribution is 0.997. The van der Waals surface area contributed by atoms with Crippen molar-refractivity contribution in [2.45, 2.75) is 25.8 Å². The molecule has 1 aliphatic carbocycles. The minimum absolute atomic E-state index is 0.0185. The van der Waals surface area contributed by atoms with E-state index in [9.17, 15) is 0 Å². The van der Waals surface area contributed by atoms with Gasteiger partial charge in [0.05, 0.1) is 6.04 Å². The third-order valence-corrected chi connectivity index (χ3v) is 4.88. The highest BCUT2D eigenvalue weighted by Crippen LogP contribution is 2.30. The molecule has 0 amide bonds. The van der Waals surface area contributed by atoms with Crippen molar-refractivity contribution in [1.29, 1.82) is 0 Å². The molecule has 1 aliphatic rings. The molecule has 2 heterocycles. The largest absolute Gasteiger partial charge is 0.374 e. The quantitative estimate of drug-likeness (QED) is 0.738. The van der Waals surface area contributed by atoms with Crippen LogP contribution in [-0.2, 0) is 0 Å². The molecule has 1 atom stereocenters. The number of aromatic amines is 1. The molecule has 0 saturated heterocycles. The summed E-state index contributed by atoms with van der Waals surface area (Å²) in [6, 6.07) is 12.5. The number of H-pyrrole nitrogens is 1. The molecular formula is C23H23N3. The molecule has 0 aliphatic heterocycles. The number of fused-ring (bicyclic) bond motifs is 1. The van der Waals surface area contributed by atoms with Crippen LogP contribution in [0.4, 0.5) is 5.69 Å². The van der Waals surface area contributed by atoms with Gasteiger partial charge in [0.2, 0.25) is 0 Å². The number of anilines is 1. The summed E-state index contributed by atoms with van der Waals surface area (Å²) in [5, 5.41) is 6.14. The molecule has 3 nitrogen and oxygen atoms in total. The van der Waals surface area contributed by atoms with Gasteiger partial charge < -0.3 is 10.3 Å². The van der Waals surface area contributed by atoms with Crippen LogP contribution in [0.15, 0.2) is 61.6 Å². The zero-order valence-electron chi connectivity index (χ0n) is 15.0. The van der Waals surface area contributed by atoms with Crippen molar-refractivity contribution in [3.63, 3.8) is 0 Å². The highest BCUT2D eigenvalue weighted by atomic mass is 14.9. The Morgan fingerprint density at radius 1 is 1.15 bits per heavy atom. The molecule has 0 spiro atoms. The van der Waals surface area contributed by atoms with Gasteiger partial charge in [-0.1, -0.05) is 30.9 Å². The van der Waals surface area contributed by atoms with E-state index in [1.54, 1.807) is 0 Å². The summed E-state index contributed by atoms with van der Waals surface area (Å²) in [6.45, 7) is 6.57. The Hall–Kier alpha value is -3.07. The van der Waals surface area contributed by atoms with Crippen molar-refractivity contribution in [2.24, 2.45) is 0 Å². The number of benzene rings is 1. The fraction of sp³-hybridized carbons (Fsp3) is 0.174. The van der Waals surface area contributed by atoms with Gasteiger partial charge in [0, 0.05) is 40.4 Å². The van der Waals surface area contributed by atoms with Gasteiger partial charge in [0.15, 0.2) is 0 Å². The Morgan fingerprint density at radius 3 is 2.77 bits per heavy atom. The maximum atomic E-state index is 4.46. The summed E-state index contributed by atoms with van der Waals surface area (Å²) in [6.07, 6.45) is 12.5. The Morgan fingerprint density at radius 2 is 1.96 bits per heavy atom. The van der Waals surface area contributed by atoms with Crippen LogP contribution in [0.2, 0.25) is 0 Å². The van der Waals surface area contributed by atoms with Gasteiger partial charge in [-0.15, -0.1) is 0 Å². The number of pyridine rings is 1. The van der Waals surface area contributed by atoms with Gasteiger partial charge in [-0.25, -0.2) is 0 Å². The zero-order valence-corrected chi connectivity index (χ0v) is 15.0. The second-order valence-electron chi connectivity index (χ2n) is 6.77. The topological polar surface area (TPSA) is 40.7 Å². The number of hydrogen-bond donors (Lipinski definition) is 2. The van der Waals surface area contributed by atoms with Crippen molar-refractivity contribution in [2.75, 3.05) is 5.32 Å². The normalized spacial score (nSPS) is 13.9. The molecule has 2 aromatic heterocycles. The lowest BCUT2D eigenvalue weighted by Crippen LogP contribution is -2.28. The number of nitrogens with one attached hydrogen (secondary N) is 2. The number of hydrogen-bond acceptors (Lipinski definition) is 2. The number of aryl methyl sites for hydroxylation is 1. The fourth-order valence-electron chi connectivity index (χ4n) is 3.54. The zero-order chi connectivity index (χ0) is 17.9. The van der Waals surface area contributed by atoms with Crippen molar-refractivity contribution in [1.82, 2.24) is 9.97 Å². The van der Waals surface area contributed by atoms with Gasteiger partial charge in [-0.05, 0) is 60.7 Å². The van der Waals surface area contributed by atoms with Gasteiger partial charge in [-0.3, -0.25) is 4.98 Å². The second-order valence-corrected chi connectivity index (χ2v) is 6.77. The van der Waals surface area contributed by atoms with Crippen LogP contribution < -0.4 is 15.9 Å². The summed E-state index contributed by atoms with van der Waals surface area (Å²) < 4.78 is 0. The van der Waals surface area contributed by atoms with Crippen LogP contribution in [0.5, 0.6) is 0 Å². The average Bonchev–Trinajstić information content (AvgIpc) is 3.10. The summed E-state index contributed by atoms with van der Waals surface area (Å²) >= 11 is 0. The van der Waals surface area contributed by atoms with Crippen molar-refractivity contribution >= 4 is 23.4 Å². The number of aromatic nitrogens is 2. The van der Waals surface area contributed by atoms with Gasteiger partial charge in [-0.2, -0.15) is 0 Å². The van der Waals surface area contributed by atoms with Gasteiger partial charge in [0.25, 0.3) is 0 Å². The van der Waals surface area contributed by atoms with E-state index in [1.807, 2.05) is 24.5 Å². The Kier molecular flexibility index (Phi) is 4.44. The van der Waals surface area contributed by atoms with Crippen LogP contribution in [-0.4, -0.2) is 9.97 Å². The van der Waals surface area contributed by atoms with Crippen molar-refractivity contribution in [3.8, 4) is 0 Å². The smallest absolute Gasteiger partial charge is 0.0769 e. The van der Waals surface area contributed by atoms with E-state index in [0.717, 1.165) is 29.7 Å². The molecule has 0 saturated carbocycles. The molecule has 130 valence electrons. The molecule has 0 fully saturated rings. The molecule has 1 unspecified atom stereocenters. The molecule has 26 heavy (non-hydrogen) atoms. The fourth-order valence-corrected chi connectivity index (χ4v) is 3.54. The molecule has 0 bridgehead atoms. The molecule has 3 heteroatoms. The Bertz CT molecular complexity index is 1040. The number of rotatable bonds is 5. The maximum absolute atomic E-state index is 4.46. The highest BCUT2D eigenvalue weighted by Gasteiger charge is 2.19. The van der Waals surface area contributed by atoms with E-state index in [2.05, 4.69) is 71.4 Å². The van der Waals surface area contributed by atoms with Crippen LogP contribution in [0.25, 0.3) is 17.7 Å². The van der Waals surface area contributed by atoms with E-state index < -0.39 is 0 Å². The van der Waals surface area contributed by atoms with Crippen LogP contribution in [0, 0.1) is 6.92 Å². The Balaban J connectivity index is 1.76. The lowest BCUT2D eigenvalue weighted by atomic mass is 9.94. The van der Waals surface area contributed by atoms with E-state index >= 15 is 0 Å². The third kappa shape index (κ3) is 3.21. The minimum atomic E-state index is -0.0185. The summed E-state index contributed by atoms with van der Waals surface area (Å²) in [4.78, 5) is 7.57. The summed E-state index contributed by atoms with van der Waals surface area (Å²) in [7, 11) is 0. The van der Waals surface area contributed by atoms with Gasteiger partial charge in [0.1, 0.15) is 0 Å². The lowest BCUT2D eigenvalue weighted by Gasteiger charge is -2.23. The molecule has 0 radical (unpaired) electrons. The third-order valence-electron chi connectivity index (χ3n) is 4.88. The Labute approximate surface area is 153 Å². The van der Waals surface area contributed by atoms with E-state index in [1.165, 1.54) is 21.7 Å². The first kappa shape index (κ1) is 16.4. The number of nitrogens with zero attached hydrogens (tertiary/aromatic N) is 1. The van der Waals surface area contributed by atoms with Crippen molar-refractivity contribution < 1.29 is 0 Å². The monoisotopic (exact) mass is 341 g/mol. The van der Waals surface area contributed by atoms with Crippen molar-refractivity contribution in [3.05, 3.63) is 88.8 Å². The molecule has 3 aromatic rings. The highest BCUT2D eigenvalue weighted by molar-refractivity contribution is 5.73. The summed E-state index contributed by atoms with van der Waals surface area (Å²) in [5.74, 6) is 0. The maximum Gasteiger partial charge on any atom is 0.0769 e. The minimum Gasteiger partial charge on any atom is -0.374 e. The first-order valence-electron chi connectivity index (χ1n) is 9.02. The standard InChI is InChI=1S/C23H23N3/c1-16-6-5-7-19(14-16)26-23(18-10-12-24-13-11-18)17(2)21-15-25-22-9-4-3-8-20(21)22/h5-15,23,25-26H,2-4H2,1H3.